The van der Waals surface area contributed by atoms with Gasteiger partial charge in [-0.25, -0.2) is 4.39 Å². The summed E-state index contributed by atoms with van der Waals surface area (Å²) in [6.45, 7) is 1.69. The molecule has 0 heterocycles. The first-order valence-electron chi connectivity index (χ1n) is 4.44. The summed E-state index contributed by atoms with van der Waals surface area (Å²) >= 11 is 3.14. The van der Waals surface area contributed by atoms with Crippen LogP contribution in [-0.4, -0.2) is 5.33 Å². The molecule has 0 aliphatic carbocycles. The summed E-state index contributed by atoms with van der Waals surface area (Å²) in [5.41, 5.74) is -0.240. The highest BCUT2D eigenvalue weighted by atomic mass is 79.9. The molecule has 5 heteroatoms. The highest BCUT2D eigenvalue weighted by Gasteiger charge is 2.33. The molecular weight excluding hydrogens is 288 g/mol. The molecule has 1 rings (SSSR count). The van der Waals surface area contributed by atoms with E-state index in [4.69, 9.17) is 0 Å². The second-order valence-corrected chi connectivity index (χ2v) is 3.91. The molecule has 0 atom stereocenters. The molecule has 1 aromatic carbocycles. The van der Waals surface area contributed by atoms with Crippen LogP contribution in [0.1, 0.15) is 18.1 Å². The first kappa shape index (κ1) is 13.2. The number of allylic oxidation sites excluding steroid dienone is 1. The van der Waals surface area contributed by atoms with E-state index in [1.54, 1.807) is 6.92 Å². The third-order valence-corrected chi connectivity index (χ3v) is 2.82. The minimum atomic E-state index is -4.54. The molecule has 0 bridgehead atoms. The zero-order valence-electron chi connectivity index (χ0n) is 8.41. The van der Waals surface area contributed by atoms with Gasteiger partial charge in [0.25, 0.3) is 0 Å². The van der Waals surface area contributed by atoms with Crippen molar-refractivity contribution in [2.24, 2.45) is 0 Å². The van der Waals surface area contributed by atoms with E-state index >= 15 is 0 Å². The predicted molar refractivity (Wildman–Crippen MR) is 58.8 cm³/mol. The summed E-state index contributed by atoms with van der Waals surface area (Å²) in [5.74, 6) is -0.888. The van der Waals surface area contributed by atoms with E-state index in [0.717, 1.165) is 17.7 Å². The molecule has 1 aromatic rings. The second-order valence-electron chi connectivity index (χ2n) is 3.35. The van der Waals surface area contributed by atoms with Crippen molar-refractivity contribution >= 4 is 22.0 Å². The van der Waals surface area contributed by atoms with E-state index in [0.29, 0.717) is 11.4 Å². The van der Waals surface area contributed by atoms with Gasteiger partial charge in [0.2, 0.25) is 0 Å². The summed E-state index contributed by atoms with van der Waals surface area (Å²) in [4.78, 5) is 0. The maximum Gasteiger partial charge on any atom is 0.417 e. The SMILES string of the molecule is C/C(=C/c1ccc(F)cc1C(F)(F)F)CBr. The molecule has 0 fully saturated rings. The molecule has 0 spiro atoms. The van der Waals surface area contributed by atoms with Gasteiger partial charge in [-0.05, 0) is 24.6 Å². The Kier molecular flexibility index (Phi) is 4.13. The van der Waals surface area contributed by atoms with Gasteiger partial charge in [0, 0.05) is 5.33 Å². The van der Waals surface area contributed by atoms with E-state index in [2.05, 4.69) is 15.9 Å². The van der Waals surface area contributed by atoms with Crippen molar-refractivity contribution in [2.75, 3.05) is 5.33 Å². The van der Waals surface area contributed by atoms with Gasteiger partial charge in [-0.15, -0.1) is 0 Å². The Bertz CT molecular complexity index is 407. The average molecular weight is 297 g/mol. The van der Waals surface area contributed by atoms with Gasteiger partial charge in [0.05, 0.1) is 5.56 Å². The highest BCUT2D eigenvalue weighted by molar-refractivity contribution is 9.09. The molecule has 0 radical (unpaired) electrons. The van der Waals surface area contributed by atoms with Gasteiger partial charge < -0.3 is 0 Å². The maximum absolute atomic E-state index is 12.8. The quantitative estimate of drug-likeness (QED) is 0.551. The van der Waals surface area contributed by atoms with Crippen LogP contribution in [0.25, 0.3) is 6.08 Å². The molecule has 0 aromatic heterocycles. The Morgan fingerprint density at radius 2 is 2.00 bits per heavy atom. The van der Waals surface area contributed by atoms with Crippen molar-refractivity contribution in [1.29, 1.82) is 0 Å². The molecule has 0 aliphatic rings. The summed E-state index contributed by atoms with van der Waals surface area (Å²) in [6.07, 6.45) is -3.16. The zero-order chi connectivity index (χ0) is 12.3. The standard InChI is InChI=1S/C11H9BrF4/c1-7(6-12)4-8-2-3-9(13)5-10(8)11(14,15)16/h2-5H,6H2,1H3/b7-4-. The number of benzene rings is 1. The fourth-order valence-corrected chi connectivity index (χ4v) is 1.37. The van der Waals surface area contributed by atoms with Crippen LogP contribution >= 0.6 is 15.9 Å². The fourth-order valence-electron chi connectivity index (χ4n) is 1.20. The largest absolute Gasteiger partial charge is 0.417 e. The van der Waals surface area contributed by atoms with Crippen LogP contribution in [0.3, 0.4) is 0 Å². The molecule has 88 valence electrons. The lowest BCUT2D eigenvalue weighted by Gasteiger charge is -2.10. The number of rotatable bonds is 2. The van der Waals surface area contributed by atoms with Crippen LogP contribution in [0.4, 0.5) is 17.6 Å². The fraction of sp³-hybridized carbons (Fsp3) is 0.273. The lowest BCUT2D eigenvalue weighted by molar-refractivity contribution is -0.137. The second kappa shape index (κ2) is 4.99. The molecule has 0 N–H and O–H groups in total. The van der Waals surface area contributed by atoms with Crippen molar-refractivity contribution in [1.82, 2.24) is 0 Å². The number of halogens is 5. The van der Waals surface area contributed by atoms with Crippen LogP contribution in [-0.2, 0) is 6.18 Å². The van der Waals surface area contributed by atoms with Gasteiger partial charge in [-0.2, -0.15) is 13.2 Å². The van der Waals surface area contributed by atoms with Crippen molar-refractivity contribution in [3.63, 3.8) is 0 Å². The highest BCUT2D eigenvalue weighted by Crippen LogP contribution is 2.33. The summed E-state index contributed by atoms with van der Waals surface area (Å²) in [7, 11) is 0. The van der Waals surface area contributed by atoms with Gasteiger partial charge in [0.15, 0.2) is 0 Å². The molecule has 0 unspecified atom stereocenters. The van der Waals surface area contributed by atoms with Crippen LogP contribution in [0, 0.1) is 5.82 Å². The molecule has 16 heavy (non-hydrogen) atoms. The van der Waals surface area contributed by atoms with Crippen molar-refractivity contribution in [3.05, 3.63) is 40.7 Å². The topological polar surface area (TPSA) is 0 Å². The first-order chi connectivity index (χ1) is 7.34. The lowest BCUT2D eigenvalue weighted by Crippen LogP contribution is -2.08. The van der Waals surface area contributed by atoms with Gasteiger partial charge in [-0.3, -0.25) is 0 Å². The Balaban J connectivity index is 3.29. The van der Waals surface area contributed by atoms with Gasteiger partial charge >= 0.3 is 6.18 Å². The third-order valence-electron chi connectivity index (χ3n) is 1.93. The number of hydrogen-bond acceptors (Lipinski definition) is 0. The smallest absolute Gasteiger partial charge is 0.207 e. The Morgan fingerprint density at radius 3 is 2.50 bits per heavy atom. The Morgan fingerprint density at radius 1 is 1.38 bits per heavy atom. The maximum atomic E-state index is 12.8. The van der Waals surface area contributed by atoms with Crippen molar-refractivity contribution < 1.29 is 17.6 Å². The molecule has 0 nitrogen and oxygen atoms in total. The van der Waals surface area contributed by atoms with Crippen LogP contribution in [0.2, 0.25) is 0 Å². The third kappa shape index (κ3) is 3.33. The number of hydrogen-bond donors (Lipinski definition) is 0. The summed E-state index contributed by atoms with van der Waals surface area (Å²) < 4.78 is 50.5. The Hall–Kier alpha value is -0.840. The first-order valence-corrected chi connectivity index (χ1v) is 5.56. The van der Waals surface area contributed by atoms with E-state index < -0.39 is 17.6 Å². The average Bonchev–Trinajstić information content (AvgIpc) is 2.19. The predicted octanol–water partition coefficient (Wildman–Crippen LogP) is 4.64. The molecule has 0 aliphatic heterocycles. The van der Waals surface area contributed by atoms with Gasteiger partial charge in [0.1, 0.15) is 5.82 Å². The van der Waals surface area contributed by atoms with Gasteiger partial charge in [-0.1, -0.05) is 33.6 Å². The molecule has 0 saturated carbocycles. The summed E-state index contributed by atoms with van der Waals surface area (Å²) in [5, 5.41) is 0.474. The normalized spacial score (nSPS) is 13.0. The van der Waals surface area contributed by atoms with Crippen molar-refractivity contribution in [3.8, 4) is 0 Å². The number of alkyl halides is 4. The summed E-state index contributed by atoms with van der Waals surface area (Å²) in [6, 6.07) is 2.65. The molecule has 0 saturated heterocycles. The monoisotopic (exact) mass is 296 g/mol. The van der Waals surface area contributed by atoms with E-state index in [-0.39, 0.29) is 5.56 Å². The molecular formula is C11H9BrF4. The van der Waals surface area contributed by atoms with Crippen LogP contribution in [0.15, 0.2) is 23.8 Å². The van der Waals surface area contributed by atoms with Crippen molar-refractivity contribution in [2.45, 2.75) is 13.1 Å². The van der Waals surface area contributed by atoms with Crippen LogP contribution in [0.5, 0.6) is 0 Å². The van der Waals surface area contributed by atoms with E-state index in [9.17, 15) is 17.6 Å². The lowest BCUT2D eigenvalue weighted by atomic mass is 10.0. The van der Waals surface area contributed by atoms with Crippen LogP contribution < -0.4 is 0 Å². The minimum Gasteiger partial charge on any atom is -0.207 e. The van der Waals surface area contributed by atoms with E-state index in [1.807, 2.05) is 0 Å². The molecule has 0 amide bonds. The zero-order valence-corrected chi connectivity index (χ0v) is 9.99. The minimum absolute atomic E-state index is 0.0224. The Labute approximate surface area is 99.1 Å². The van der Waals surface area contributed by atoms with E-state index in [1.165, 1.54) is 6.08 Å².